The molecule has 1 heterocycles. The van der Waals surface area contributed by atoms with Crippen LogP contribution < -0.4 is 5.73 Å². The van der Waals surface area contributed by atoms with E-state index in [1.165, 1.54) is 16.3 Å². The van der Waals surface area contributed by atoms with Gasteiger partial charge in [-0.2, -0.15) is 0 Å². The Kier molecular flexibility index (Phi) is 4.48. The summed E-state index contributed by atoms with van der Waals surface area (Å²) in [5.41, 5.74) is 11.9. The first-order valence-corrected chi connectivity index (χ1v) is 11.1. The first-order valence-electron chi connectivity index (χ1n) is 11.1. The van der Waals surface area contributed by atoms with Crippen molar-refractivity contribution in [2.75, 3.05) is 0 Å². The minimum atomic E-state index is -0.405. The van der Waals surface area contributed by atoms with Gasteiger partial charge in [-0.15, -0.1) is 0 Å². The number of amides is 1. The number of hydrogen-bond donors (Lipinski definition) is 1. The molecule has 0 saturated carbocycles. The van der Waals surface area contributed by atoms with E-state index in [1.807, 2.05) is 18.2 Å². The Labute approximate surface area is 191 Å². The fourth-order valence-electron chi connectivity index (χ4n) is 4.85. The van der Waals surface area contributed by atoms with Crippen LogP contribution in [0.5, 0.6) is 0 Å². The summed E-state index contributed by atoms with van der Waals surface area (Å²) in [5, 5.41) is 4.41. The zero-order chi connectivity index (χ0) is 22.4. The van der Waals surface area contributed by atoms with Crippen molar-refractivity contribution in [2.45, 2.75) is 6.54 Å². The molecule has 158 valence electrons. The molecule has 3 nitrogen and oxygen atoms in total. The van der Waals surface area contributed by atoms with Gasteiger partial charge in [-0.3, -0.25) is 4.79 Å². The molecule has 2 N–H and O–H groups in total. The van der Waals surface area contributed by atoms with Gasteiger partial charge in [0.2, 0.25) is 5.91 Å². The summed E-state index contributed by atoms with van der Waals surface area (Å²) >= 11 is 0. The summed E-state index contributed by atoms with van der Waals surface area (Å²) in [7, 11) is 0. The van der Waals surface area contributed by atoms with Crippen molar-refractivity contribution < 1.29 is 4.79 Å². The summed E-state index contributed by atoms with van der Waals surface area (Å²) in [6.45, 7) is 0.700. The second kappa shape index (κ2) is 7.64. The van der Waals surface area contributed by atoms with E-state index in [2.05, 4.69) is 95.6 Å². The molecule has 0 aliphatic heterocycles. The van der Waals surface area contributed by atoms with Crippen LogP contribution in [0.2, 0.25) is 0 Å². The normalized spacial score (nSPS) is 11.4. The van der Waals surface area contributed by atoms with E-state index in [0.717, 1.165) is 32.9 Å². The van der Waals surface area contributed by atoms with Crippen LogP contribution in [-0.4, -0.2) is 10.5 Å². The van der Waals surface area contributed by atoms with Gasteiger partial charge in [0.05, 0.1) is 11.0 Å². The predicted octanol–water partition coefficient (Wildman–Crippen LogP) is 6.76. The molecular formula is C30H22N2O. The summed E-state index contributed by atoms with van der Waals surface area (Å²) in [6.07, 6.45) is 0. The molecule has 0 saturated heterocycles. The second-order valence-corrected chi connectivity index (χ2v) is 8.43. The lowest BCUT2D eigenvalue weighted by molar-refractivity contribution is 0.100. The van der Waals surface area contributed by atoms with Crippen LogP contribution in [-0.2, 0) is 6.54 Å². The average molecular weight is 427 g/mol. The molecule has 33 heavy (non-hydrogen) atoms. The smallest absolute Gasteiger partial charge is 0.249 e. The van der Waals surface area contributed by atoms with Gasteiger partial charge in [-0.25, -0.2) is 0 Å². The van der Waals surface area contributed by atoms with Crippen LogP contribution >= 0.6 is 0 Å². The SMILES string of the molecule is NC(=O)c1cccc2c1c1ccc(-c3ccccc3)cc1n2Cc1ccc2ccccc2c1. The standard InChI is InChI=1S/C30H22N2O/c31-30(33)26-11-6-12-27-29(26)25-16-15-24(21-7-2-1-3-8-21)18-28(25)32(27)19-20-13-14-22-9-4-5-10-23(22)17-20/h1-18H,19H2,(H2,31,33). The largest absolute Gasteiger partial charge is 0.366 e. The van der Waals surface area contributed by atoms with Crippen molar-refractivity contribution in [1.82, 2.24) is 4.57 Å². The van der Waals surface area contributed by atoms with Crippen LogP contribution in [0.15, 0.2) is 109 Å². The predicted molar refractivity (Wildman–Crippen MR) is 136 cm³/mol. The monoisotopic (exact) mass is 426 g/mol. The molecule has 3 heteroatoms. The minimum absolute atomic E-state index is 0.405. The first-order chi connectivity index (χ1) is 16.2. The Morgan fingerprint density at radius 1 is 0.667 bits per heavy atom. The summed E-state index contributed by atoms with van der Waals surface area (Å²) in [5.74, 6) is -0.405. The van der Waals surface area contributed by atoms with Crippen LogP contribution in [0.3, 0.4) is 0 Å². The third-order valence-corrected chi connectivity index (χ3v) is 6.42. The Morgan fingerprint density at radius 2 is 1.45 bits per heavy atom. The van der Waals surface area contributed by atoms with Gasteiger partial charge in [0.25, 0.3) is 0 Å². The van der Waals surface area contributed by atoms with E-state index >= 15 is 0 Å². The Morgan fingerprint density at radius 3 is 2.27 bits per heavy atom. The van der Waals surface area contributed by atoms with E-state index < -0.39 is 5.91 Å². The van der Waals surface area contributed by atoms with Crippen LogP contribution in [0.25, 0.3) is 43.7 Å². The molecule has 0 bridgehead atoms. The second-order valence-electron chi connectivity index (χ2n) is 8.43. The van der Waals surface area contributed by atoms with Crippen molar-refractivity contribution in [1.29, 1.82) is 0 Å². The summed E-state index contributed by atoms with van der Waals surface area (Å²) in [4.78, 5) is 12.3. The number of carbonyl (C=O) groups excluding carboxylic acids is 1. The number of carbonyl (C=O) groups is 1. The van der Waals surface area contributed by atoms with Crippen LogP contribution in [0.4, 0.5) is 0 Å². The third kappa shape index (κ3) is 3.26. The van der Waals surface area contributed by atoms with Crippen molar-refractivity contribution in [3.8, 4) is 11.1 Å². The summed E-state index contributed by atoms with van der Waals surface area (Å²) < 4.78 is 2.30. The highest BCUT2D eigenvalue weighted by molar-refractivity contribution is 6.18. The van der Waals surface area contributed by atoms with E-state index in [9.17, 15) is 4.79 Å². The van der Waals surface area contributed by atoms with E-state index in [1.54, 1.807) is 0 Å². The van der Waals surface area contributed by atoms with Gasteiger partial charge in [0.1, 0.15) is 0 Å². The molecule has 1 amide bonds. The molecule has 5 aromatic carbocycles. The molecule has 0 unspecified atom stereocenters. The van der Waals surface area contributed by atoms with Gasteiger partial charge >= 0.3 is 0 Å². The number of nitrogens with zero attached hydrogens (tertiary/aromatic N) is 1. The molecule has 0 fully saturated rings. The molecule has 1 aromatic heterocycles. The molecule has 0 radical (unpaired) electrons. The van der Waals surface area contributed by atoms with E-state index in [0.29, 0.717) is 12.1 Å². The van der Waals surface area contributed by atoms with Crippen molar-refractivity contribution in [3.05, 3.63) is 120 Å². The Bertz CT molecular complexity index is 1660. The van der Waals surface area contributed by atoms with E-state index in [4.69, 9.17) is 5.73 Å². The van der Waals surface area contributed by atoms with Gasteiger partial charge in [0, 0.05) is 22.9 Å². The minimum Gasteiger partial charge on any atom is -0.366 e. The average Bonchev–Trinajstić information content (AvgIpc) is 3.17. The van der Waals surface area contributed by atoms with Crippen LogP contribution in [0.1, 0.15) is 15.9 Å². The number of nitrogens with two attached hydrogens (primary N) is 1. The summed E-state index contributed by atoms with van der Waals surface area (Å²) in [6, 6.07) is 37.6. The number of fused-ring (bicyclic) bond motifs is 4. The zero-order valence-corrected chi connectivity index (χ0v) is 18.0. The van der Waals surface area contributed by atoms with Crippen molar-refractivity contribution in [3.63, 3.8) is 0 Å². The highest BCUT2D eigenvalue weighted by Gasteiger charge is 2.17. The lowest BCUT2D eigenvalue weighted by Gasteiger charge is -2.10. The number of benzene rings is 5. The Balaban J connectivity index is 1.61. The van der Waals surface area contributed by atoms with Gasteiger partial charge in [-0.1, -0.05) is 84.9 Å². The van der Waals surface area contributed by atoms with Gasteiger partial charge in [-0.05, 0) is 51.7 Å². The van der Waals surface area contributed by atoms with Crippen molar-refractivity contribution >= 4 is 38.5 Å². The fourth-order valence-corrected chi connectivity index (χ4v) is 4.85. The topological polar surface area (TPSA) is 48.0 Å². The highest BCUT2D eigenvalue weighted by Crippen LogP contribution is 2.35. The third-order valence-electron chi connectivity index (χ3n) is 6.42. The Hall–Kier alpha value is -4.37. The van der Waals surface area contributed by atoms with Crippen LogP contribution in [0, 0.1) is 0 Å². The maximum absolute atomic E-state index is 12.3. The molecule has 6 rings (SSSR count). The van der Waals surface area contributed by atoms with Gasteiger partial charge in [0.15, 0.2) is 0 Å². The molecule has 0 spiro atoms. The fraction of sp³-hybridized carbons (Fsp3) is 0.0333. The zero-order valence-electron chi connectivity index (χ0n) is 18.0. The van der Waals surface area contributed by atoms with Gasteiger partial charge < -0.3 is 10.3 Å². The van der Waals surface area contributed by atoms with Crippen molar-refractivity contribution in [2.24, 2.45) is 5.73 Å². The highest BCUT2D eigenvalue weighted by atomic mass is 16.1. The van der Waals surface area contributed by atoms with E-state index in [-0.39, 0.29) is 0 Å². The quantitative estimate of drug-likeness (QED) is 0.332. The maximum atomic E-state index is 12.3. The number of rotatable bonds is 4. The molecule has 0 aliphatic rings. The number of primary amides is 1. The molecule has 0 aliphatic carbocycles. The first kappa shape index (κ1) is 19.3. The lowest BCUT2D eigenvalue weighted by Crippen LogP contribution is -2.11. The molecular weight excluding hydrogens is 404 g/mol. The number of hydrogen-bond acceptors (Lipinski definition) is 1. The number of aromatic nitrogens is 1. The molecule has 0 atom stereocenters. The molecule has 6 aromatic rings. The lowest BCUT2D eigenvalue weighted by atomic mass is 10.0. The maximum Gasteiger partial charge on any atom is 0.249 e.